The molecular formula is C17H28N4. The van der Waals surface area contributed by atoms with Crippen molar-refractivity contribution >= 4 is 11.4 Å². The maximum Gasteiger partial charge on any atom is 0.0387 e. The largest absolute Gasteiger partial charge is 0.399 e. The van der Waals surface area contributed by atoms with Gasteiger partial charge in [-0.3, -0.25) is 4.90 Å². The van der Waals surface area contributed by atoms with Crippen molar-refractivity contribution in [1.82, 2.24) is 9.80 Å². The van der Waals surface area contributed by atoms with E-state index in [0.717, 1.165) is 24.7 Å². The van der Waals surface area contributed by atoms with Crippen molar-refractivity contribution in [1.29, 1.82) is 0 Å². The van der Waals surface area contributed by atoms with Gasteiger partial charge < -0.3 is 15.5 Å². The second kappa shape index (κ2) is 6.67. The summed E-state index contributed by atoms with van der Waals surface area (Å²) in [4.78, 5) is 7.56. The fourth-order valence-electron chi connectivity index (χ4n) is 3.52. The summed E-state index contributed by atoms with van der Waals surface area (Å²) in [5, 5.41) is 0. The molecule has 3 rings (SSSR count). The van der Waals surface area contributed by atoms with Crippen molar-refractivity contribution in [3.8, 4) is 0 Å². The van der Waals surface area contributed by atoms with E-state index < -0.39 is 0 Å². The highest BCUT2D eigenvalue weighted by Crippen LogP contribution is 2.21. The van der Waals surface area contributed by atoms with Gasteiger partial charge in [0.25, 0.3) is 0 Å². The summed E-state index contributed by atoms with van der Waals surface area (Å²) < 4.78 is 0. The Morgan fingerprint density at radius 3 is 2.43 bits per heavy atom. The minimum absolute atomic E-state index is 0.862. The van der Waals surface area contributed by atoms with Crippen molar-refractivity contribution in [2.24, 2.45) is 5.92 Å². The summed E-state index contributed by atoms with van der Waals surface area (Å²) in [6.45, 7) is 8.44. The maximum absolute atomic E-state index is 5.89. The molecule has 0 atom stereocenters. The minimum atomic E-state index is 0.862. The summed E-state index contributed by atoms with van der Waals surface area (Å²) in [5.74, 6) is 0.903. The van der Waals surface area contributed by atoms with E-state index in [-0.39, 0.29) is 0 Å². The molecule has 116 valence electrons. The number of nitrogens with two attached hydrogens (primary N) is 1. The minimum Gasteiger partial charge on any atom is -0.399 e. The lowest BCUT2D eigenvalue weighted by Gasteiger charge is -2.39. The number of anilines is 2. The smallest absolute Gasteiger partial charge is 0.0387 e. The van der Waals surface area contributed by atoms with Crippen LogP contribution in [0.15, 0.2) is 24.3 Å². The van der Waals surface area contributed by atoms with E-state index in [2.05, 4.69) is 39.9 Å². The van der Waals surface area contributed by atoms with Gasteiger partial charge in [-0.15, -0.1) is 0 Å². The highest BCUT2D eigenvalue weighted by Gasteiger charge is 2.22. The first-order valence-corrected chi connectivity index (χ1v) is 8.22. The van der Waals surface area contributed by atoms with Crippen LogP contribution < -0.4 is 10.6 Å². The maximum atomic E-state index is 5.89. The molecule has 4 heteroatoms. The average Bonchev–Trinajstić information content (AvgIpc) is 2.50. The van der Waals surface area contributed by atoms with Gasteiger partial charge in [0, 0.05) is 44.1 Å². The number of nitrogens with zero attached hydrogens (tertiary/aromatic N) is 3. The van der Waals surface area contributed by atoms with E-state index in [0.29, 0.717) is 0 Å². The van der Waals surface area contributed by atoms with Gasteiger partial charge in [0.2, 0.25) is 0 Å². The zero-order valence-corrected chi connectivity index (χ0v) is 13.2. The Morgan fingerprint density at radius 2 is 1.76 bits per heavy atom. The van der Waals surface area contributed by atoms with Crippen LogP contribution in [0, 0.1) is 5.92 Å². The molecule has 21 heavy (non-hydrogen) atoms. The summed E-state index contributed by atoms with van der Waals surface area (Å²) >= 11 is 0. The monoisotopic (exact) mass is 288 g/mol. The molecule has 2 heterocycles. The van der Waals surface area contributed by atoms with Crippen LogP contribution >= 0.6 is 0 Å². The van der Waals surface area contributed by atoms with Crippen molar-refractivity contribution in [2.45, 2.75) is 12.8 Å². The molecule has 2 N–H and O–H groups in total. The van der Waals surface area contributed by atoms with Gasteiger partial charge in [-0.2, -0.15) is 0 Å². The van der Waals surface area contributed by atoms with Gasteiger partial charge in [0.05, 0.1) is 0 Å². The standard InChI is InChI=1S/C17H28N4/c1-19-7-5-15(6-8-19)14-20-9-11-21(12-10-20)17-4-2-3-16(18)13-17/h2-4,13,15H,5-12,14,18H2,1H3. The predicted octanol–water partition coefficient (Wildman–Crippen LogP) is 1.73. The Labute approximate surface area is 128 Å². The SMILES string of the molecule is CN1CCC(CN2CCN(c3cccc(N)c3)CC2)CC1. The van der Waals surface area contributed by atoms with Crippen LogP contribution in [0.2, 0.25) is 0 Å². The zero-order valence-electron chi connectivity index (χ0n) is 13.2. The second-order valence-corrected chi connectivity index (χ2v) is 6.63. The zero-order chi connectivity index (χ0) is 14.7. The first kappa shape index (κ1) is 14.7. The Morgan fingerprint density at radius 1 is 1.05 bits per heavy atom. The Hall–Kier alpha value is -1.26. The Kier molecular flexibility index (Phi) is 4.66. The van der Waals surface area contributed by atoms with E-state index in [1.807, 2.05) is 6.07 Å². The predicted molar refractivity (Wildman–Crippen MR) is 89.7 cm³/mol. The fourth-order valence-corrected chi connectivity index (χ4v) is 3.52. The number of piperidine rings is 1. The third kappa shape index (κ3) is 3.89. The molecule has 0 unspecified atom stereocenters. The molecule has 0 aliphatic carbocycles. The van der Waals surface area contributed by atoms with E-state index in [1.54, 1.807) is 0 Å². The molecule has 0 amide bonds. The van der Waals surface area contributed by atoms with Crippen LogP contribution in [0.25, 0.3) is 0 Å². The molecular weight excluding hydrogens is 260 g/mol. The van der Waals surface area contributed by atoms with Crippen molar-refractivity contribution in [3.63, 3.8) is 0 Å². The average molecular weight is 288 g/mol. The number of benzene rings is 1. The lowest BCUT2D eigenvalue weighted by Crippen LogP contribution is -2.48. The van der Waals surface area contributed by atoms with Crippen LogP contribution in [0.4, 0.5) is 11.4 Å². The highest BCUT2D eigenvalue weighted by atomic mass is 15.3. The first-order chi connectivity index (χ1) is 10.2. The van der Waals surface area contributed by atoms with Gasteiger partial charge in [0.1, 0.15) is 0 Å². The molecule has 2 fully saturated rings. The number of nitrogen functional groups attached to an aromatic ring is 1. The highest BCUT2D eigenvalue weighted by molar-refractivity contribution is 5.56. The number of likely N-dealkylation sites (tertiary alicyclic amines) is 1. The van der Waals surface area contributed by atoms with Gasteiger partial charge in [-0.25, -0.2) is 0 Å². The molecule has 1 aromatic carbocycles. The summed E-state index contributed by atoms with van der Waals surface area (Å²) in [6, 6.07) is 8.27. The molecule has 0 bridgehead atoms. The first-order valence-electron chi connectivity index (χ1n) is 8.22. The summed E-state index contributed by atoms with van der Waals surface area (Å²) in [5.41, 5.74) is 8.02. The Bertz CT molecular complexity index is 446. The van der Waals surface area contributed by atoms with Gasteiger partial charge in [-0.05, 0) is 57.1 Å². The van der Waals surface area contributed by atoms with E-state index in [1.165, 1.54) is 51.3 Å². The van der Waals surface area contributed by atoms with Gasteiger partial charge >= 0.3 is 0 Å². The summed E-state index contributed by atoms with van der Waals surface area (Å²) in [7, 11) is 2.24. The van der Waals surface area contributed by atoms with Crippen LogP contribution in [0.1, 0.15) is 12.8 Å². The number of piperazine rings is 1. The third-order valence-electron chi connectivity index (χ3n) is 4.96. The molecule has 0 aromatic heterocycles. The van der Waals surface area contributed by atoms with E-state index in [4.69, 9.17) is 5.73 Å². The molecule has 1 aromatic rings. The molecule has 4 nitrogen and oxygen atoms in total. The van der Waals surface area contributed by atoms with Crippen LogP contribution in [0.5, 0.6) is 0 Å². The molecule has 0 spiro atoms. The fraction of sp³-hybridized carbons (Fsp3) is 0.647. The second-order valence-electron chi connectivity index (χ2n) is 6.63. The molecule has 2 saturated heterocycles. The number of hydrogen-bond acceptors (Lipinski definition) is 4. The van der Waals surface area contributed by atoms with E-state index in [9.17, 15) is 0 Å². The van der Waals surface area contributed by atoms with Crippen molar-refractivity contribution in [3.05, 3.63) is 24.3 Å². The van der Waals surface area contributed by atoms with Gasteiger partial charge in [-0.1, -0.05) is 6.07 Å². The molecule has 0 saturated carbocycles. The topological polar surface area (TPSA) is 35.7 Å². The number of rotatable bonds is 3. The number of hydrogen-bond donors (Lipinski definition) is 1. The lowest BCUT2D eigenvalue weighted by molar-refractivity contribution is 0.155. The molecule has 2 aliphatic rings. The third-order valence-corrected chi connectivity index (χ3v) is 4.96. The van der Waals surface area contributed by atoms with Crippen LogP contribution in [0.3, 0.4) is 0 Å². The molecule has 0 radical (unpaired) electrons. The van der Waals surface area contributed by atoms with Crippen molar-refractivity contribution < 1.29 is 0 Å². The van der Waals surface area contributed by atoms with Crippen LogP contribution in [-0.4, -0.2) is 62.7 Å². The van der Waals surface area contributed by atoms with E-state index >= 15 is 0 Å². The quantitative estimate of drug-likeness (QED) is 0.859. The van der Waals surface area contributed by atoms with Crippen LogP contribution in [-0.2, 0) is 0 Å². The van der Waals surface area contributed by atoms with Crippen molar-refractivity contribution in [2.75, 3.05) is 63.5 Å². The Balaban J connectivity index is 1.47. The normalized spacial score (nSPS) is 22.6. The van der Waals surface area contributed by atoms with Gasteiger partial charge in [0.15, 0.2) is 0 Å². The summed E-state index contributed by atoms with van der Waals surface area (Å²) in [6.07, 6.45) is 2.73. The molecule has 2 aliphatic heterocycles. The lowest BCUT2D eigenvalue weighted by atomic mass is 9.96.